The maximum atomic E-state index is 11.9. The van der Waals surface area contributed by atoms with Crippen LogP contribution in [0.25, 0.3) is 0 Å². The first-order valence-corrected chi connectivity index (χ1v) is 6.65. The van der Waals surface area contributed by atoms with Crippen molar-refractivity contribution in [3.05, 3.63) is 0 Å². The predicted octanol–water partition coefficient (Wildman–Crippen LogP) is 1.86. The zero-order valence-corrected chi connectivity index (χ0v) is 12.4. The summed E-state index contributed by atoms with van der Waals surface area (Å²) in [5.41, 5.74) is -0.351. The molecule has 1 rings (SSSR count). The fourth-order valence-electron chi connectivity index (χ4n) is 1.95. The molecule has 0 aromatic carbocycles. The molecule has 1 fully saturated rings. The van der Waals surface area contributed by atoms with Gasteiger partial charge in [-0.25, -0.2) is 0 Å². The van der Waals surface area contributed by atoms with E-state index < -0.39 is 6.29 Å². The number of ketones is 1. The van der Waals surface area contributed by atoms with Crippen molar-refractivity contribution < 1.29 is 14.6 Å². The molecule has 1 heterocycles. The largest absolute Gasteiger partial charge is 0.366 e. The first-order valence-electron chi connectivity index (χ1n) is 6.65. The lowest BCUT2D eigenvalue weighted by Gasteiger charge is -2.28. The fourth-order valence-corrected chi connectivity index (χ4v) is 1.95. The van der Waals surface area contributed by atoms with Crippen LogP contribution < -0.4 is 5.32 Å². The van der Waals surface area contributed by atoms with Gasteiger partial charge in [-0.15, -0.1) is 0 Å². The predicted molar refractivity (Wildman–Crippen MR) is 71.3 cm³/mol. The number of rotatable bonds is 5. The standard InChI is InChI=1S/C14H27NO3/c1-13(2,3)10(16)8-7-9(11-12(17)18-11)15-14(4,5)6/h9,11-12,15,17H,7-8H2,1-6H3. The average Bonchev–Trinajstić information content (AvgIpc) is 2.86. The summed E-state index contributed by atoms with van der Waals surface area (Å²) in [5, 5.41) is 12.8. The molecule has 0 saturated carbocycles. The van der Waals surface area contributed by atoms with Gasteiger partial charge in [-0.1, -0.05) is 20.8 Å². The van der Waals surface area contributed by atoms with Crippen LogP contribution in [0.15, 0.2) is 0 Å². The van der Waals surface area contributed by atoms with Gasteiger partial charge in [0.2, 0.25) is 0 Å². The van der Waals surface area contributed by atoms with Gasteiger partial charge in [-0.2, -0.15) is 0 Å². The van der Waals surface area contributed by atoms with Crippen LogP contribution in [-0.4, -0.2) is 34.9 Å². The van der Waals surface area contributed by atoms with E-state index >= 15 is 0 Å². The van der Waals surface area contributed by atoms with Crippen LogP contribution in [0, 0.1) is 5.41 Å². The number of carbonyl (C=O) groups is 1. The summed E-state index contributed by atoms with van der Waals surface area (Å²) in [4.78, 5) is 11.9. The van der Waals surface area contributed by atoms with Gasteiger partial charge in [0.1, 0.15) is 11.9 Å². The summed E-state index contributed by atoms with van der Waals surface area (Å²) < 4.78 is 5.12. The number of aliphatic hydroxyl groups excluding tert-OH is 1. The average molecular weight is 257 g/mol. The van der Waals surface area contributed by atoms with E-state index in [9.17, 15) is 9.90 Å². The normalized spacial score (nSPS) is 25.9. The van der Waals surface area contributed by atoms with Gasteiger partial charge in [0.15, 0.2) is 6.29 Å². The van der Waals surface area contributed by atoms with Crippen molar-refractivity contribution in [2.45, 2.75) is 78.4 Å². The molecule has 0 radical (unpaired) electrons. The molecule has 2 N–H and O–H groups in total. The van der Waals surface area contributed by atoms with E-state index in [1.54, 1.807) is 0 Å². The summed E-state index contributed by atoms with van der Waals surface area (Å²) in [6.45, 7) is 12.0. The summed E-state index contributed by atoms with van der Waals surface area (Å²) in [6.07, 6.45) is 0.380. The topological polar surface area (TPSA) is 61.9 Å². The highest BCUT2D eigenvalue weighted by Gasteiger charge is 2.44. The van der Waals surface area contributed by atoms with Crippen molar-refractivity contribution in [1.29, 1.82) is 0 Å². The maximum Gasteiger partial charge on any atom is 0.183 e. The Morgan fingerprint density at radius 3 is 2.11 bits per heavy atom. The molecule has 18 heavy (non-hydrogen) atoms. The first kappa shape index (κ1) is 15.6. The van der Waals surface area contributed by atoms with Gasteiger partial charge in [0, 0.05) is 23.4 Å². The summed E-state index contributed by atoms with van der Waals surface area (Å²) in [5.74, 6) is 0.248. The molecule has 1 aliphatic rings. The number of nitrogens with one attached hydrogen (secondary N) is 1. The van der Waals surface area contributed by atoms with E-state index in [-0.39, 0.29) is 28.9 Å². The molecule has 3 unspecified atom stereocenters. The number of carbonyl (C=O) groups excluding carboxylic acids is 1. The Labute approximate surface area is 110 Å². The molecule has 3 atom stereocenters. The lowest BCUT2D eigenvalue weighted by atomic mass is 9.87. The number of hydrogen-bond donors (Lipinski definition) is 2. The van der Waals surface area contributed by atoms with Gasteiger partial charge in [0.25, 0.3) is 0 Å². The first-order chi connectivity index (χ1) is 8.00. The lowest BCUT2D eigenvalue weighted by molar-refractivity contribution is -0.126. The molecule has 4 heteroatoms. The van der Waals surface area contributed by atoms with E-state index in [0.717, 1.165) is 0 Å². The smallest absolute Gasteiger partial charge is 0.183 e. The molecule has 0 aromatic rings. The van der Waals surface area contributed by atoms with Crippen LogP contribution in [0.3, 0.4) is 0 Å². The molecule has 0 aliphatic carbocycles. The van der Waals surface area contributed by atoms with Gasteiger partial charge in [-0.05, 0) is 27.2 Å². The van der Waals surface area contributed by atoms with Crippen LogP contribution in [-0.2, 0) is 9.53 Å². The van der Waals surface area contributed by atoms with Crippen molar-refractivity contribution >= 4 is 5.78 Å². The Morgan fingerprint density at radius 1 is 1.28 bits per heavy atom. The summed E-state index contributed by atoms with van der Waals surface area (Å²) in [6, 6.07) is 0.0336. The van der Waals surface area contributed by atoms with Crippen LogP contribution in [0.5, 0.6) is 0 Å². The van der Waals surface area contributed by atoms with Gasteiger partial charge >= 0.3 is 0 Å². The van der Waals surface area contributed by atoms with E-state index in [1.807, 2.05) is 20.8 Å². The zero-order chi connectivity index (χ0) is 14.1. The van der Waals surface area contributed by atoms with Crippen LogP contribution in [0.4, 0.5) is 0 Å². The third-order valence-corrected chi connectivity index (χ3v) is 3.03. The summed E-state index contributed by atoms with van der Waals surface area (Å²) in [7, 11) is 0. The molecule has 4 nitrogen and oxygen atoms in total. The van der Waals surface area contributed by atoms with Gasteiger partial charge < -0.3 is 15.2 Å². The molecule has 0 spiro atoms. The Kier molecular flexibility index (Phi) is 4.57. The highest BCUT2D eigenvalue weighted by Crippen LogP contribution is 2.28. The second kappa shape index (κ2) is 5.27. The Hall–Kier alpha value is -0.450. The number of ether oxygens (including phenoxy) is 1. The Bertz CT molecular complexity index is 301. The van der Waals surface area contributed by atoms with Crippen molar-refractivity contribution in [1.82, 2.24) is 5.32 Å². The Morgan fingerprint density at radius 2 is 1.78 bits per heavy atom. The highest BCUT2D eigenvalue weighted by molar-refractivity contribution is 5.83. The lowest BCUT2D eigenvalue weighted by Crippen LogP contribution is -2.47. The van der Waals surface area contributed by atoms with Crippen molar-refractivity contribution in [3.8, 4) is 0 Å². The Balaban J connectivity index is 2.50. The second-order valence-corrected chi connectivity index (χ2v) is 7.20. The number of aliphatic hydroxyl groups is 1. The van der Waals surface area contributed by atoms with Crippen molar-refractivity contribution in [2.75, 3.05) is 0 Å². The van der Waals surface area contributed by atoms with E-state index in [1.165, 1.54) is 0 Å². The highest BCUT2D eigenvalue weighted by atomic mass is 16.7. The molecule has 0 amide bonds. The van der Waals surface area contributed by atoms with Crippen molar-refractivity contribution in [2.24, 2.45) is 5.41 Å². The third-order valence-electron chi connectivity index (χ3n) is 3.03. The van der Waals surface area contributed by atoms with Gasteiger partial charge in [-0.3, -0.25) is 4.79 Å². The monoisotopic (exact) mass is 257 g/mol. The molecular weight excluding hydrogens is 230 g/mol. The number of Topliss-reactive ketones (excluding diaryl/α,β-unsaturated/α-hetero) is 1. The second-order valence-electron chi connectivity index (χ2n) is 7.20. The number of hydrogen-bond acceptors (Lipinski definition) is 4. The van der Waals surface area contributed by atoms with E-state index in [2.05, 4.69) is 26.1 Å². The van der Waals surface area contributed by atoms with Crippen LogP contribution in [0.1, 0.15) is 54.4 Å². The van der Waals surface area contributed by atoms with Crippen LogP contribution in [0.2, 0.25) is 0 Å². The third kappa shape index (κ3) is 5.04. The van der Waals surface area contributed by atoms with E-state index in [4.69, 9.17) is 4.74 Å². The molecule has 1 aliphatic heterocycles. The SMILES string of the molecule is CC(C)(C)NC(CCC(=O)C(C)(C)C)C1OC1O. The number of epoxide rings is 1. The minimum atomic E-state index is -0.672. The molecule has 1 saturated heterocycles. The molecule has 106 valence electrons. The van der Waals surface area contributed by atoms with Gasteiger partial charge in [0.05, 0.1) is 0 Å². The zero-order valence-electron chi connectivity index (χ0n) is 12.4. The van der Waals surface area contributed by atoms with Crippen molar-refractivity contribution in [3.63, 3.8) is 0 Å². The fraction of sp³-hybridized carbons (Fsp3) is 0.929. The minimum absolute atomic E-state index is 0.0336. The van der Waals surface area contributed by atoms with E-state index in [0.29, 0.717) is 12.8 Å². The maximum absolute atomic E-state index is 11.9. The van der Waals surface area contributed by atoms with Crippen LogP contribution >= 0.6 is 0 Å². The molecule has 0 bridgehead atoms. The molecule has 0 aromatic heterocycles. The quantitative estimate of drug-likeness (QED) is 0.738. The molecular formula is C14H27NO3. The summed E-state index contributed by atoms with van der Waals surface area (Å²) >= 11 is 0. The minimum Gasteiger partial charge on any atom is -0.366 e.